The average molecular weight is 302 g/mol. The minimum atomic E-state index is -2.03. The second kappa shape index (κ2) is 9.68. The molecule has 1 fully saturated rings. The molecular formula is C15H31NO3Si. The summed E-state index contributed by atoms with van der Waals surface area (Å²) in [7, 11) is -2.03. The van der Waals surface area contributed by atoms with Crippen LogP contribution in [0.3, 0.4) is 0 Å². The lowest BCUT2D eigenvalue weighted by Crippen LogP contribution is -2.49. The van der Waals surface area contributed by atoms with Crippen LogP contribution in [-0.4, -0.2) is 59.0 Å². The van der Waals surface area contributed by atoms with Crippen molar-refractivity contribution in [1.82, 2.24) is 4.90 Å². The zero-order chi connectivity index (χ0) is 14.8. The van der Waals surface area contributed by atoms with Gasteiger partial charge in [-0.15, -0.1) is 6.58 Å². The maximum atomic E-state index is 6.36. The molecule has 2 unspecified atom stereocenters. The van der Waals surface area contributed by atoms with Gasteiger partial charge in [-0.2, -0.15) is 0 Å². The molecule has 20 heavy (non-hydrogen) atoms. The van der Waals surface area contributed by atoms with Crippen LogP contribution in [0.5, 0.6) is 0 Å². The molecule has 1 saturated heterocycles. The van der Waals surface area contributed by atoms with Gasteiger partial charge in [0.1, 0.15) is 0 Å². The van der Waals surface area contributed by atoms with E-state index in [9.17, 15) is 0 Å². The summed E-state index contributed by atoms with van der Waals surface area (Å²) < 4.78 is 18.0. The second-order valence-corrected chi connectivity index (χ2v) is 8.83. The molecule has 1 rings (SSSR count). The Morgan fingerprint density at radius 3 is 2.90 bits per heavy atom. The zero-order valence-corrected chi connectivity index (χ0v) is 14.4. The van der Waals surface area contributed by atoms with Crippen molar-refractivity contribution in [2.75, 3.05) is 39.5 Å². The van der Waals surface area contributed by atoms with Gasteiger partial charge in [0.05, 0.1) is 12.7 Å². The van der Waals surface area contributed by atoms with Gasteiger partial charge in [0.2, 0.25) is 0 Å². The van der Waals surface area contributed by atoms with Gasteiger partial charge in [0, 0.05) is 26.3 Å². The van der Waals surface area contributed by atoms with E-state index in [1.165, 1.54) is 0 Å². The van der Waals surface area contributed by atoms with E-state index in [2.05, 4.69) is 24.9 Å². The fraction of sp³-hybridized carbons (Fsp3) is 0.867. The molecule has 1 aliphatic heterocycles. The summed E-state index contributed by atoms with van der Waals surface area (Å²) in [6.45, 7) is 15.4. The van der Waals surface area contributed by atoms with Crippen LogP contribution >= 0.6 is 0 Å². The van der Waals surface area contributed by atoms with Gasteiger partial charge in [-0.1, -0.05) is 13.0 Å². The fourth-order valence-corrected chi connectivity index (χ4v) is 5.28. The number of nitrogens with zero attached hydrogens (tertiary/aromatic N) is 1. The highest BCUT2D eigenvalue weighted by atomic mass is 28.4. The molecular weight excluding hydrogens is 270 g/mol. The molecule has 0 spiro atoms. The van der Waals surface area contributed by atoms with Gasteiger partial charge in [-0.25, -0.2) is 0 Å². The van der Waals surface area contributed by atoms with Crippen LogP contribution < -0.4 is 0 Å². The molecule has 0 aromatic heterocycles. The molecule has 0 aliphatic carbocycles. The predicted molar refractivity (Wildman–Crippen MR) is 85.3 cm³/mol. The largest absolute Gasteiger partial charge is 0.395 e. The molecule has 0 amide bonds. The van der Waals surface area contributed by atoms with Crippen molar-refractivity contribution in [2.45, 2.75) is 45.4 Å². The van der Waals surface area contributed by atoms with E-state index >= 15 is 0 Å². The van der Waals surface area contributed by atoms with E-state index in [-0.39, 0.29) is 6.10 Å². The van der Waals surface area contributed by atoms with Gasteiger partial charge >= 0.3 is 8.56 Å². The molecule has 0 radical (unpaired) electrons. The van der Waals surface area contributed by atoms with Crippen molar-refractivity contribution in [3.05, 3.63) is 12.7 Å². The molecule has 1 aliphatic rings. The highest BCUT2D eigenvalue weighted by molar-refractivity contribution is 6.66. The molecule has 1 heterocycles. The van der Waals surface area contributed by atoms with Crippen LogP contribution in [0.4, 0.5) is 0 Å². The van der Waals surface area contributed by atoms with E-state index in [1.807, 2.05) is 13.0 Å². The summed E-state index contributed by atoms with van der Waals surface area (Å²) in [6, 6.07) is 1.02. The monoisotopic (exact) mass is 301 g/mol. The quantitative estimate of drug-likeness (QED) is 0.509. The Hall–Kier alpha value is -0.203. The first-order valence-corrected chi connectivity index (χ1v) is 10.4. The number of hydrogen-bond acceptors (Lipinski definition) is 4. The van der Waals surface area contributed by atoms with Crippen LogP contribution in [0, 0.1) is 0 Å². The summed E-state index contributed by atoms with van der Waals surface area (Å²) in [4.78, 5) is 2.38. The van der Waals surface area contributed by atoms with E-state index in [0.29, 0.717) is 6.61 Å². The highest BCUT2D eigenvalue weighted by Gasteiger charge is 2.35. The molecule has 0 saturated carbocycles. The first-order chi connectivity index (χ1) is 9.63. The van der Waals surface area contributed by atoms with E-state index in [4.69, 9.17) is 13.6 Å². The van der Waals surface area contributed by atoms with Crippen molar-refractivity contribution >= 4 is 8.56 Å². The Labute approximate surface area is 125 Å². The Balaban J connectivity index is 2.61. The van der Waals surface area contributed by atoms with Gasteiger partial charge < -0.3 is 13.6 Å². The fourth-order valence-electron chi connectivity index (χ4n) is 2.70. The van der Waals surface area contributed by atoms with Crippen LogP contribution in [0.2, 0.25) is 12.6 Å². The second-order valence-electron chi connectivity index (χ2n) is 5.53. The van der Waals surface area contributed by atoms with Crippen molar-refractivity contribution in [1.29, 1.82) is 0 Å². The summed E-state index contributed by atoms with van der Waals surface area (Å²) in [5.74, 6) is 0. The van der Waals surface area contributed by atoms with E-state index in [1.54, 1.807) is 0 Å². The maximum absolute atomic E-state index is 6.36. The minimum Gasteiger partial charge on any atom is -0.395 e. The van der Waals surface area contributed by atoms with Crippen molar-refractivity contribution in [3.63, 3.8) is 0 Å². The Bertz CT molecular complexity index is 278. The summed E-state index contributed by atoms with van der Waals surface area (Å²) in [5, 5.41) is 0. The van der Waals surface area contributed by atoms with Crippen molar-refractivity contribution < 1.29 is 13.6 Å². The van der Waals surface area contributed by atoms with Crippen LogP contribution in [-0.2, 0) is 13.6 Å². The first-order valence-electron chi connectivity index (χ1n) is 7.86. The molecule has 0 aromatic carbocycles. The van der Waals surface area contributed by atoms with Crippen molar-refractivity contribution in [3.8, 4) is 0 Å². The van der Waals surface area contributed by atoms with E-state index < -0.39 is 8.56 Å². The SMILES string of the molecule is C=CCN(CCC)CC1COCCC[Si](C)(OCC)O1. The molecule has 118 valence electrons. The molecule has 0 N–H and O–H groups in total. The molecule has 4 nitrogen and oxygen atoms in total. The summed E-state index contributed by atoms with van der Waals surface area (Å²) in [5.41, 5.74) is 0. The lowest BCUT2D eigenvalue weighted by Gasteiger charge is -2.35. The van der Waals surface area contributed by atoms with Crippen molar-refractivity contribution in [2.24, 2.45) is 0 Å². The number of hydrogen-bond donors (Lipinski definition) is 0. The summed E-state index contributed by atoms with van der Waals surface area (Å²) >= 11 is 0. The van der Waals surface area contributed by atoms with Crippen LogP contribution in [0.15, 0.2) is 12.7 Å². The lowest BCUT2D eigenvalue weighted by atomic mass is 10.3. The van der Waals surface area contributed by atoms with Crippen LogP contribution in [0.25, 0.3) is 0 Å². The smallest absolute Gasteiger partial charge is 0.335 e. The Morgan fingerprint density at radius 1 is 1.45 bits per heavy atom. The van der Waals surface area contributed by atoms with Gasteiger partial charge in [0.15, 0.2) is 0 Å². The number of ether oxygens (including phenoxy) is 1. The third-order valence-electron chi connectivity index (χ3n) is 3.48. The van der Waals surface area contributed by atoms with Crippen LogP contribution in [0.1, 0.15) is 26.7 Å². The van der Waals surface area contributed by atoms with Gasteiger partial charge in [-0.05, 0) is 38.9 Å². The third-order valence-corrected chi connectivity index (χ3v) is 6.47. The molecule has 5 heteroatoms. The standard InChI is InChI=1S/C15H31NO3Si/c1-5-9-16(10-6-2)13-15-14-17-11-8-12-20(4,19-15)18-7-3/h5,15H,1,6-14H2,2-4H3. The molecule has 0 aromatic rings. The molecule has 0 bridgehead atoms. The first kappa shape index (κ1) is 17.8. The third kappa shape index (κ3) is 6.50. The topological polar surface area (TPSA) is 30.9 Å². The van der Waals surface area contributed by atoms with E-state index in [0.717, 1.165) is 51.7 Å². The highest BCUT2D eigenvalue weighted by Crippen LogP contribution is 2.21. The van der Waals surface area contributed by atoms with Gasteiger partial charge in [-0.3, -0.25) is 4.90 Å². The normalized spacial score (nSPS) is 28.1. The Morgan fingerprint density at radius 2 is 2.25 bits per heavy atom. The maximum Gasteiger partial charge on any atom is 0.335 e. The predicted octanol–water partition coefficient (Wildman–Crippen LogP) is 2.80. The zero-order valence-electron chi connectivity index (χ0n) is 13.4. The minimum absolute atomic E-state index is 0.116. The summed E-state index contributed by atoms with van der Waals surface area (Å²) in [6.07, 6.45) is 4.26. The average Bonchev–Trinajstić information content (AvgIpc) is 2.36. The van der Waals surface area contributed by atoms with Gasteiger partial charge in [0.25, 0.3) is 0 Å². The molecule has 2 atom stereocenters. The lowest BCUT2D eigenvalue weighted by molar-refractivity contribution is -0.000489. The Kier molecular flexibility index (Phi) is 8.64. The number of rotatable bonds is 8.